The van der Waals surface area contributed by atoms with Gasteiger partial charge in [-0.05, 0) is 89.4 Å². The lowest BCUT2D eigenvalue weighted by Crippen LogP contribution is -2.48. The molecule has 0 radical (unpaired) electrons. The molecule has 6 nitrogen and oxygen atoms in total. The van der Waals surface area contributed by atoms with Gasteiger partial charge >= 0.3 is 0 Å². The summed E-state index contributed by atoms with van der Waals surface area (Å²) in [5.74, 6) is -0.230. The molecular formula is C25H22ClIN4O2S. The van der Waals surface area contributed by atoms with Crippen molar-refractivity contribution >= 4 is 74.7 Å². The summed E-state index contributed by atoms with van der Waals surface area (Å²) in [6, 6.07) is 22.1. The topological polar surface area (TPSA) is 64.7 Å². The molecule has 3 aromatic rings. The maximum atomic E-state index is 12.7. The van der Waals surface area contributed by atoms with Gasteiger partial charge in [0.15, 0.2) is 5.11 Å². The number of anilines is 2. The van der Waals surface area contributed by atoms with Crippen molar-refractivity contribution in [1.29, 1.82) is 0 Å². The van der Waals surface area contributed by atoms with Gasteiger partial charge in [-0.3, -0.25) is 14.9 Å². The highest BCUT2D eigenvalue weighted by atomic mass is 127. The first-order valence-electron chi connectivity index (χ1n) is 10.7. The molecule has 2 N–H and O–H groups in total. The molecule has 34 heavy (non-hydrogen) atoms. The van der Waals surface area contributed by atoms with Gasteiger partial charge in [-0.1, -0.05) is 29.8 Å². The second kappa shape index (κ2) is 11.2. The van der Waals surface area contributed by atoms with Crippen LogP contribution in [0.5, 0.6) is 0 Å². The standard InChI is InChI=1S/C25H22ClIN4O2S/c26-21-16-20(28-25(34)29-23(32)17-6-8-19(27)9-7-17)10-11-22(21)30-12-14-31(15-13-30)24(33)18-4-2-1-3-5-18/h1-11,16H,12-15H2,(H2,28,29,32,34). The molecule has 174 valence electrons. The SMILES string of the molecule is O=C(NC(=S)Nc1ccc(N2CCN(C(=O)c3ccccc3)CC2)c(Cl)c1)c1ccc(I)cc1. The van der Waals surface area contributed by atoms with Crippen molar-refractivity contribution in [2.75, 3.05) is 36.4 Å². The first-order valence-corrected chi connectivity index (χ1v) is 12.5. The minimum absolute atomic E-state index is 0.0479. The highest BCUT2D eigenvalue weighted by Gasteiger charge is 2.23. The van der Waals surface area contributed by atoms with Gasteiger partial charge in [0.05, 0.1) is 10.7 Å². The molecule has 4 rings (SSSR count). The fourth-order valence-corrected chi connectivity index (χ4v) is 4.56. The van der Waals surface area contributed by atoms with Crippen molar-refractivity contribution in [3.8, 4) is 0 Å². The van der Waals surface area contributed by atoms with E-state index < -0.39 is 0 Å². The summed E-state index contributed by atoms with van der Waals surface area (Å²) in [6.45, 7) is 2.63. The van der Waals surface area contributed by atoms with E-state index in [1.807, 2.05) is 59.5 Å². The van der Waals surface area contributed by atoms with Crippen molar-refractivity contribution in [1.82, 2.24) is 10.2 Å². The number of thiocarbonyl (C=S) groups is 1. The Hall–Kier alpha value is -2.69. The van der Waals surface area contributed by atoms with Crippen LogP contribution in [0.25, 0.3) is 0 Å². The fourth-order valence-electron chi connectivity index (χ4n) is 3.69. The number of amides is 2. The van der Waals surface area contributed by atoms with E-state index in [1.165, 1.54) is 0 Å². The normalized spacial score (nSPS) is 13.4. The lowest BCUT2D eigenvalue weighted by Gasteiger charge is -2.36. The Morgan fingerprint density at radius 2 is 1.56 bits per heavy atom. The number of nitrogens with one attached hydrogen (secondary N) is 2. The number of benzene rings is 3. The lowest BCUT2D eigenvalue weighted by atomic mass is 10.1. The van der Waals surface area contributed by atoms with Gasteiger partial charge in [0.25, 0.3) is 11.8 Å². The van der Waals surface area contributed by atoms with Gasteiger partial charge in [-0.2, -0.15) is 0 Å². The monoisotopic (exact) mass is 604 g/mol. The predicted molar refractivity (Wildman–Crippen MR) is 149 cm³/mol. The highest BCUT2D eigenvalue weighted by molar-refractivity contribution is 14.1. The van der Waals surface area contributed by atoms with Crippen LogP contribution in [0.3, 0.4) is 0 Å². The molecule has 1 heterocycles. The zero-order valence-corrected chi connectivity index (χ0v) is 21.9. The number of carbonyl (C=O) groups is 2. The number of rotatable bonds is 4. The number of piperazine rings is 1. The second-order valence-electron chi connectivity index (χ2n) is 7.73. The van der Waals surface area contributed by atoms with E-state index in [0.29, 0.717) is 48.0 Å². The Labute approximate surface area is 222 Å². The Kier molecular flexibility index (Phi) is 8.02. The number of halogens is 2. The van der Waals surface area contributed by atoms with Gasteiger partial charge in [0, 0.05) is 46.6 Å². The zero-order chi connectivity index (χ0) is 24.1. The smallest absolute Gasteiger partial charge is 0.257 e. The minimum Gasteiger partial charge on any atom is -0.367 e. The largest absolute Gasteiger partial charge is 0.367 e. The summed E-state index contributed by atoms with van der Waals surface area (Å²) in [4.78, 5) is 29.0. The van der Waals surface area contributed by atoms with Crippen molar-refractivity contribution < 1.29 is 9.59 Å². The Morgan fingerprint density at radius 1 is 0.882 bits per heavy atom. The lowest BCUT2D eigenvalue weighted by molar-refractivity contribution is 0.0746. The van der Waals surface area contributed by atoms with Crippen LogP contribution in [0.4, 0.5) is 11.4 Å². The zero-order valence-electron chi connectivity index (χ0n) is 18.1. The Morgan fingerprint density at radius 3 is 2.21 bits per heavy atom. The molecule has 0 spiro atoms. The van der Waals surface area contributed by atoms with E-state index in [4.69, 9.17) is 23.8 Å². The molecule has 0 atom stereocenters. The summed E-state index contributed by atoms with van der Waals surface area (Å²) in [7, 11) is 0. The molecule has 9 heteroatoms. The molecular weight excluding hydrogens is 583 g/mol. The average molecular weight is 605 g/mol. The molecule has 0 saturated carbocycles. The molecule has 1 aliphatic rings. The summed E-state index contributed by atoms with van der Waals surface area (Å²) >= 11 is 14.0. The molecule has 3 aromatic carbocycles. The van der Waals surface area contributed by atoms with Gasteiger partial charge < -0.3 is 15.1 Å². The number of hydrogen-bond acceptors (Lipinski definition) is 4. The van der Waals surface area contributed by atoms with Gasteiger partial charge in [0.2, 0.25) is 0 Å². The summed E-state index contributed by atoms with van der Waals surface area (Å²) < 4.78 is 1.05. The molecule has 0 aliphatic carbocycles. The van der Waals surface area contributed by atoms with Crippen LogP contribution in [-0.2, 0) is 0 Å². The molecule has 1 fully saturated rings. The fraction of sp³-hybridized carbons (Fsp3) is 0.160. The van der Waals surface area contributed by atoms with Gasteiger partial charge in [0.1, 0.15) is 0 Å². The quantitative estimate of drug-likeness (QED) is 0.323. The molecule has 0 aromatic heterocycles. The van der Waals surface area contributed by atoms with Crippen molar-refractivity contribution in [2.45, 2.75) is 0 Å². The van der Waals surface area contributed by atoms with Crippen LogP contribution in [0, 0.1) is 3.57 Å². The van der Waals surface area contributed by atoms with E-state index in [1.54, 1.807) is 18.2 Å². The molecule has 2 amide bonds. The summed E-state index contributed by atoms with van der Waals surface area (Å²) in [6.07, 6.45) is 0. The van der Waals surface area contributed by atoms with Crippen LogP contribution >= 0.6 is 46.4 Å². The van der Waals surface area contributed by atoms with E-state index >= 15 is 0 Å². The van der Waals surface area contributed by atoms with Crippen LogP contribution in [0.2, 0.25) is 5.02 Å². The maximum Gasteiger partial charge on any atom is 0.257 e. The van der Waals surface area contributed by atoms with Crippen molar-refractivity contribution in [3.63, 3.8) is 0 Å². The number of carbonyl (C=O) groups excluding carboxylic acids is 2. The molecule has 0 bridgehead atoms. The van der Waals surface area contributed by atoms with Gasteiger partial charge in [-0.25, -0.2) is 0 Å². The summed E-state index contributed by atoms with van der Waals surface area (Å²) in [5, 5.41) is 6.45. The predicted octanol–water partition coefficient (Wildman–Crippen LogP) is 5.03. The third kappa shape index (κ3) is 6.05. The van der Waals surface area contributed by atoms with Crippen LogP contribution in [0.1, 0.15) is 20.7 Å². The van der Waals surface area contributed by atoms with Crippen molar-refractivity contribution in [2.24, 2.45) is 0 Å². The molecule has 1 saturated heterocycles. The summed E-state index contributed by atoms with van der Waals surface area (Å²) in [5.41, 5.74) is 2.81. The first-order chi connectivity index (χ1) is 16.4. The molecule has 0 unspecified atom stereocenters. The number of hydrogen-bond donors (Lipinski definition) is 2. The highest BCUT2D eigenvalue weighted by Crippen LogP contribution is 2.30. The molecule has 1 aliphatic heterocycles. The van der Waals surface area contributed by atoms with E-state index in [0.717, 1.165) is 9.26 Å². The Balaban J connectivity index is 1.32. The van der Waals surface area contributed by atoms with E-state index in [-0.39, 0.29) is 16.9 Å². The third-order valence-corrected chi connectivity index (χ3v) is 6.69. The third-order valence-electron chi connectivity index (χ3n) is 5.47. The maximum absolute atomic E-state index is 12.7. The number of nitrogens with zero attached hydrogens (tertiary/aromatic N) is 2. The Bertz CT molecular complexity index is 1200. The van der Waals surface area contributed by atoms with Crippen molar-refractivity contribution in [3.05, 3.63) is 92.5 Å². The van der Waals surface area contributed by atoms with E-state index in [9.17, 15) is 9.59 Å². The second-order valence-corrected chi connectivity index (χ2v) is 9.79. The average Bonchev–Trinajstić information content (AvgIpc) is 2.85. The minimum atomic E-state index is -0.278. The van der Waals surface area contributed by atoms with E-state index in [2.05, 4.69) is 38.1 Å². The van der Waals surface area contributed by atoms with Crippen LogP contribution < -0.4 is 15.5 Å². The van der Waals surface area contributed by atoms with Crippen LogP contribution in [-0.4, -0.2) is 48.0 Å². The van der Waals surface area contributed by atoms with Crippen LogP contribution in [0.15, 0.2) is 72.8 Å². The van der Waals surface area contributed by atoms with Gasteiger partial charge in [-0.15, -0.1) is 0 Å². The first kappa shape index (κ1) is 24.4.